The van der Waals surface area contributed by atoms with Crippen molar-refractivity contribution >= 4 is 11.9 Å². The van der Waals surface area contributed by atoms with E-state index in [2.05, 4.69) is 10.3 Å². The highest BCUT2D eigenvalue weighted by Crippen LogP contribution is 2.18. The molecule has 1 fully saturated rings. The van der Waals surface area contributed by atoms with Crippen LogP contribution in [0.25, 0.3) is 0 Å². The maximum Gasteiger partial charge on any atom is 0.335 e. The zero-order chi connectivity index (χ0) is 11.5. The number of rotatable bonds is 3. The van der Waals surface area contributed by atoms with Gasteiger partial charge in [0.25, 0.3) is 5.91 Å². The summed E-state index contributed by atoms with van der Waals surface area (Å²) in [7, 11) is 0. The minimum atomic E-state index is -1.06. The molecule has 0 radical (unpaired) electrons. The Morgan fingerprint density at radius 2 is 2.19 bits per heavy atom. The van der Waals surface area contributed by atoms with Crippen LogP contribution >= 0.6 is 0 Å². The minimum Gasteiger partial charge on any atom is -0.478 e. The molecule has 0 unspecified atom stereocenters. The van der Waals surface area contributed by atoms with Crippen molar-refractivity contribution in [2.24, 2.45) is 0 Å². The van der Waals surface area contributed by atoms with Crippen LogP contribution in [-0.4, -0.2) is 28.0 Å². The van der Waals surface area contributed by atoms with Gasteiger partial charge in [0.2, 0.25) is 0 Å². The van der Waals surface area contributed by atoms with Gasteiger partial charge in [-0.05, 0) is 31.4 Å². The smallest absolute Gasteiger partial charge is 0.335 e. The lowest BCUT2D eigenvalue weighted by Crippen LogP contribution is -2.39. The van der Waals surface area contributed by atoms with Gasteiger partial charge in [0.15, 0.2) is 0 Å². The average molecular weight is 220 g/mol. The van der Waals surface area contributed by atoms with E-state index in [0.29, 0.717) is 0 Å². The van der Waals surface area contributed by atoms with Crippen LogP contribution < -0.4 is 5.32 Å². The van der Waals surface area contributed by atoms with Crippen molar-refractivity contribution in [3.8, 4) is 0 Å². The van der Waals surface area contributed by atoms with Gasteiger partial charge >= 0.3 is 5.97 Å². The van der Waals surface area contributed by atoms with Gasteiger partial charge in [-0.2, -0.15) is 0 Å². The number of nitrogens with one attached hydrogen (secondary N) is 1. The van der Waals surface area contributed by atoms with E-state index in [0.717, 1.165) is 19.3 Å². The second-order valence-corrected chi connectivity index (χ2v) is 3.84. The van der Waals surface area contributed by atoms with Crippen molar-refractivity contribution in [2.45, 2.75) is 25.3 Å². The Morgan fingerprint density at radius 1 is 1.44 bits per heavy atom. The first-order chi connectivity index (χ1) is 7.66. The molecule has 1 aromatic rings. The molecule has 84 valence electrons. The molecule has 2 N–H and O–H groups in total. The van der Waals surface area contributed by atoms with Gasteiger partial charge < -0.3 is 10.4 Å². The Bertz CT molecular complexity index is 427. The second kappa shape index (κ2) is 4.30. The quantitative estimate of drug-likeness (QED) is 0.798. The Morgan fingerprint density at radius 3 is 2.75 bits per heavy atom. The predicted molar refractivity (Wildman–Crippen MR) is 56.3 cm³/mol. The number of hydrogen-bond acceptors (Lipinski definition) is 3. The molecule has 2 rings (SSSR count). The number of carboxylic acid groups (broad SMARTS) is 1. The summed E-state index contributed by atoms with van der Waals surface area (Å²) in [5.41, 5.74) is 0.237. The number of carboxylic acids is 1. The van der Waals surface area contributed by atoms with Gasteiger partial charge in [-0.15, -0.1) is 0 Å². The number of pyridine rings is 1. The number of amides is 1. The zero-order valence-electron chi connectivity index (χ0n) is 8.64. The average Bonchev–Trinajstić information content (AvgIpc) is 2.23. The van der Waals surface area contributed by atoms with E-state index >= 15 is 0 Å². The molecule has 0 bridgehead atoms. The van der Waals surface area contributed by atoms with Crippen LogP contribution in [0.5, 0.6) is 0 Å². The van der Waals surface area contributed by atoms with E-state index in [1.165, 1.54) is 18.3 Å². The molecule has 0 aromatic carbocycles. The van der Waals surface area contributed by atoms with E-state index in [1.807, 2.05) is 0 Å². The molecule has 1 saturated carbocycles. The maximum absolute atomic E-state index is 11.7. The minimum absolute atomic E-state index is 0.0776. The highest BCUT2D eigenvalue weighted by Gasteiger charge is 2.21. The molecule has 16 heavy (non-hydrogen) atoms. The third-order valence-electron chi connectivity index (χ3n) is 2.68. The molecule has 5 heteroatoms. The van der Waals surface area contributed by atoms with Crippen LogP contribution in [0.4, 0.5) is 0 Å². The van der Waals surface area contributed by atoms with Crippen molar-refractivity contribution < 1.29 is 14.7 Å². The predicted octanol–water partition coefficient (Wildman–Crippen LogP) is 1.06. The third kappa shape index (κ3) is 2.18. The van der Waals surface area contributed by atoms with E-state index < -0.39 is 5.97 Å². The SMILES string of the molecule is O=C(O)c1ccnc(C(=O)NC2CCC2)c1. The molecule has 1 aromatic heterocycles. The lowest BCUT2D eigenvalue weighted by atomic mass is 9.93. The normalized spacial score (nSPS) is 15.2. The fourth-order valence-electron chi connectivity index (χ4n) is 1.50. The van der Waals surface area contributed by atoms with Crippen molar-refractivity contribution in [2.75, 3.05) is 0 Å². The lowest BCUT2D eigenvalue weighted by molar-refractivity contribution is 0.0696. The first-order valence-electron chi connectivity index (χ1n) is 5.17. The number of aromatic nitrogens is 1. The van der Waals surface area contributed by atoms with Crippen LogP contribution in [0.3, 0.4) is 0 Å². The Hall–Kier alpha value is -1.91. The van der Waals surface area contributed by atoms with Gasteiger partial charge in [0, 0.05) is 12.2 Å². The summed E-state index contributed by atoms with van der Waals surface area (Å²) in [5.74, 6) is -1.35. The monoisotopic (exact) mass is 220 g/mol. The van der Waals surface area contributed by atoms with Crippen molar-refractivity contribution in [1.82, 2.24) is 10.3 Å². The molecule has 1 amide bonds. The van der Waals surface area contributed by atoms with E-state index in [9.17, 15) is 9.59 Å². The molecule has 0 atom stereocenters. The first-order valence-corrected chi connectivity index (χ1v) is 5.17. The van der Waals surface area contributed by atoms with Crippen molar-refractivity contribution in [3.05, 3.63) is 29.6 Å². The molecular formula is C11H12N2O3. The van der Waals surface area contributed by atoms with Crippen LogP contribution in [-0.2, 0) is 0 Å². The van der Waals surface area contributed by atoms with E-state index in [4.69, 9.17) is 5.11 Å². The fourth-order valence-corrected chi connectivity index (χ4v) is 1.50. The highest BCUT2D eigenvalue weighted by molar-refractivity contribution is 5.95. The number of nitrogens with zero attached hydrogens (tertiary/aromatic N) is 1. The van der Waals surface area contributed by atoms with Crippen LogP contribution in [0.15, 0.2) is 18.3 Å². The highest BCUT2D eigenvalue weighted by atomic mass is 16.4. The molecular weight excluding hydrogens is 208 g/mol. The van der Waals surface area contributed by atoms with Gasteiger partial charge in [-0.1, -0.05) is 0 Å². The largest absolute Gasteiger partial charge is 0.478 e. The zero-order valence-corrected chi connectivity index (χ0v) is 8.64. The summed E-state index contributed by atoms with van der Waals surface area (Å²) in [6.07, 6.45) is 4.45. The summed E-state index contributed by atoms with van der Waals surface area (Å²) in [5, 5.41) is 11.6. The summed E-state index contributed by atoms with van der Waals surface area (Å²) in [6.45, 7) is 0. The second-order valence-electron chi connectivity index (χ2n) is 3.84. The molecule has 1 heterocycles. The van der Waals surface area contributed by atoms with Gasteiger partial charge in [-0.25, -0.2) is 4.79 Å². The third-order valence-corrected chi connectivity index (χ3v) is 2.68. The molecule has 0 saturated heterocycles. The summed E-state index contributed by atoms with van der Waals surface area (Å²) in [6, 6.07) is 2.88. The number of carbonyl (C=O) groups is 2. The van der Waals surface area contributed by atoms with Crippen LogP contribution in [0.2, 0.25) is 0 Å². The molecule has 1 aliphatic carbocycles. The summed E-state index contributed by atoms with van der Waals surface area (Å²) in [4.78, 5) is 26.2. The Labute approximate surface area is 92.5 Å². The lowest BCUT2D eigenvalue weighted by Gasteiger charge is -2.26. The van der Waals surface area contributed by atoms with Crippen molar-refractivity contribution in [3.63, 3.8) is 0 Å². The Balaban J connectivity index is 2.09. The Kier molecular flexibility index (Phi) is 2.85. The number of carbonyl (C=O) groups excluding carboxylic acids is 1. The van der Waals surface area contributed by atoms with E-state index in [1.54, 1.807) is 0 Å². The molecule has 1 aliphatic rings. The molecule has 0 aliphatic heterocycles. The van der Waals surface area contributed by atoms with Crippen molar-refractivity contribution in [1.29, 1.82) is 0 Å². The van der Waals surface area contributed by atoms with Gasteiger partial charge in [0.05, 0.1) is 5.56 Å². The summed E-state index contributed by atoms with van der Waals surface area (Å²) < 4.78 is 0. The first kappa shape index (κ1) is 10.6. The molecule has 0 spiro atoms. The summed E-state index contributed by atoms with van der Waals surface area (Å²) >= 11 is 0. The standard InChI is InChI=1S/C11H12N2O3/c14-10(13-8-2-1-3-8)9-6-7(11(15)16)4-5-12-9/h4-6,8H,1-3H2,(H,13,14)(H,15,16). The fraction of sp³-hybridized carbons (Fsp3) is 0.364. The topological polar surface area (TPSA) is 79.3 Å². The van der Waals surface area contributed by atoms with Crippen LogP contribution in [0, 0.1) is 0 Å². The van der Waals surface area contributed by atoms with Gasteiger partial charge in [-0.3, -0.25) is 9.78 Å². The van der Waals surface area contributed by atoms with E-state index in [-0.39, 0.29) is 23.2 Å². The van der Waals surface area contributed by atoms with Crippen LogP contribution in [0.1, 0.15) is 40.1 Å². The number of hydrogen-bond donors (Lipinski definition) is 2. The van der Waals surface area contributed by atoms with Gasteiger partial charge in [0.1, 0.15) is 5.69 Å². The molecule has 5 nitrogen and oxygen atoms in total. The number of aromatic carboxylic acids is 1. The maximum atomic E-state index is 11.7.